The van der Waals surface area contributed by atoms with Crippen LogP contribution in [-0.2, 0) is 11.3 Å². The molecule has 3 aliphatic heterocycles. The number of hydrogen-bond donors (Lipinski definition) is 0. The Bertz CT molecular complexity index is 1350. The molecule has 0 aliphatic carbocycles. The second kappa shape index (κ2) is 8.53. The molecule has 2 aromatic heterocycles. The number of anilines is 1. The van der Waals surface area contributed by atoms with Crippen LogP contribution >= 0.6 is 0 Å². The summed E-state index contributed by atoms with van der Waals surface area (Å²) in [4.78, 5) is 33.1. The molecule has 0 N–H and O–H groups in total. The van der Waals surface area contributed by atoms with Crippen LogP contribution in [0.5, 0.6) is 11.5 Å². The Labute approximate surface area is 200 Å². The molecule has 0 bridgehead atoms. The molecule has 5 heterocycles. The van der Waals surface area contributed by atoms with Gasteiger partial charge in [0.1, 0.15) is 24.6 Å². The number of hydrogen-bond acceptors (Lipinski definition) is 7. The smallest absolute Gasteiger partial charge is 0.415 e. The standard InChI is InChI=1S/C25H25FN4O5/c26-17-13-20-19(27-15-17)2-4-23(31)29(20)10-9-28-7-5-25(6-8-28)16-30(24(32)35-25)18-1-3-21-22(14-18)34-12-11-33-21/h1-4,13-15H,5-12,16H2. The molecule has 10 heteroatoms. The minimum absolute atomic E-state index is 0.182. The molecule has 3 aliphatic rings. The number of pyridine rings is 2. The molecule has 1 amide bonds. The van der Waals surface area contributed by atoms with Crippen LogP contribution in [0, 0.1) is 5.82 Å². The molecule has 1 aromatic carbocycles. The number of nitrogens with zero attached hydrogens (tertiary/aromatic N) is 4. The van der Waals surface area contributed by atoms with Crippen molar-refractivity contribution >= 4 is 22.8 Å². The zero-order chi connectivity index (χ0) is 24.0. The van der Waals surface area contributed by atoms with E-state index in [-0.39, 0.29) is 11.7 Å². The highest BCUT2D eigenvalue weighted by molar-refractivity contribution is 5.90. The lowest BCUT2D eigenvalue weighted by molar-refractivity contribution is 0.000339. The first-order valence-corrected chi connectivity index (χ1v) is 11.8. The number of carbonyl (C=O) groups excluding carboxylic acids is 1. The predicted molar refractivity (Wildman–Crippen MR) is 126 cm³/mol. The van der Waals surface area contributed by atoms with E-state index in [4.69, 9.17) is 14.2 Å². The number of halogens is 1. The van der Waals surface area contributed by atoms with Gasteiger partial charge in [-0.25, -0.2) is 9.18 Å². The summed E-state index contributed by atoms with van der Waals surface area (Å²) >= 11 is 0. The number of carbonyl (C=O) groups is 1. The molecule has 0 saturated carbocycles. The van der Waals surface area contributed by atoms with E-state index in [1.165, 1.54) is 12.1 Å². The largest absolute Gasteiger partial charge is 0.486 e. The maximum absolute atomic E-state index is 13.7. The van der Waals surface area contributed by atoms with Gasteiger partial charge in [-0.3, -0.25) is 14.7 Å². The monoisotopic (exact) mass is 480 g/mol. The van der Waals surface area contributed by atoms with Crippen LogP contribution in [0.1, 0.15) is 12.8 Å². The van der Waals surface area contributed by atoms with Crippen molar-refractivity contribution in [3.05, 3.63) is 58.8 Å². The maximum atomic E-state index is 13.7. The van der Waals surface area contributed by atoms with Crippen molar-refractivity contribution in [1.29, 1.82) is 0 Å². The van der Waals surface area contributed by atoms with Gasteiger partial charge >= 0.3 is 6.09 Å². The average molecular weight is 480 g/mol. The molecule has 2 saturated heterocycles. The minimum atomic E-state index is -0.538. The zero-order valence-electron chi connectivity index (χ0n) is 19.1. The lowest BCUT2D eigenvalue weighted by atomic mass is 9.91. The van der Waals surface area contributed by atoms with E-state index in [1.807, 2.05) is 18.2 Å². The summed E-state index contributed by atoms with van der Waals surface area (Å²) in [6.07, 6.45) is 2.19. The molecule has 6 rings (SSSR count). The van der Waals surface area contributed by atoms with Crippen molar-refractivity contribution in [1.82, 2.24) is 14.5 Å². The van der Waals surface area contributed by atoms with E-state index in [9.17, 15) is 14.0 Å². The number of piperidine rings is 1. The van der Waals surface area contributed by atoms with Crippen molar-refractivity contribution in [2.75, 3.05) is 44.3 Å². The third-order valence-electron chi connectivity index (χ3n) is 7.02. The second-order valence-electron chi connectivity index (χ2n) is 9.19. The summed E-state index contributed by atoms with van der Waals surface area (Å²) in [7, 11) is 0. The molecule has 2 fully saturated rings. The first-order chi connectivity index (χ1) is 17.0. The van der Waals surface area contributed by atoms with Crippen molar-refractivity contribution in [3.8, 4) is 11.5 Å². The van der Waals surface area contributed by atoms with Gasteiger partial charge in [0.15, 0.2) is 11.5 Å². The fourth-order valence-electron chi connectivity index (χ4n) is 5.08. The van der Waals surface area contributed by atoms with E-state index in [1.54, 1.807) is 15.5 Å². The summed E-state index contributed by atoms with van der Waals surface area (Å²) in [6.45, 7) is 4.00. The molecule has 3 aromatic rings. The summed E-state index contributed by atoms with van der Waals surface area (Å²) in [5.41, 5.74) is 1.09. The topological polar surface area (TPSA) is 86.1 Å². The molecule has 9 nitrogen and oxygen atoms in total. The van der Waals surface area contributed by atoms with Gasteiger partial charge in [0.25, 0.3) is 5.56 Å². The van der Waals surface area contributed by atoms with E-state index >= 15 is 0 Å². The molecule has 1 spiro atoms. The van der Waals surface area contributed by atoms with Crippen LogP contribution in [0.4, 0.5) is 14.9 Å². The third-order valence-corrected chi connectivity index (χ3v) is 7.02. The van der Waals surface area contributed by atoms with Crippen molar-refractivity contribution in [2.45, 2.75) is 25.0 Å². The first-order valence-electron chi connectivity index (χ1n) is 11.8. The highest BCUT2D eigenvalue weighted by Gasteiger charge is 2.47. The minimum Gasteiger partial charge on any atom is -0.486 e. The Kier molecular flexibility index (Phi) is 5.32. The van der Waals surface area contributed by atoms with Crippen LogP contribution in [0.2, 0.25) is 0 Å². The number of amides is 1. The van der Waals surface area contributed by atoms with Crippen LogP contribution in [0.25, 0.3) is 11.0 Å². The Hall–Kier alpha value is -3.66. The molecular weight excluding hydrogens is 455 g/mol. The van der Waals surface area contributed by atoms with E-state index < -0.39 is 11.4 Å². The first kappa shape index (κ1) is 21.8. The zero-order valence-corrected chi connectivity index (χ0v) is 19.1. The highest BCUT2D eigenvalue weighted by Crippen LogP contribution is 2.39. The predicted octanol–water partition coefficient (Wildman–Crippen LogP) is 2.80. The Morgan fingerprint density at radius 3 is 2.60 bits per heavy atom. The quantitative estimate of drug-likeness (QED) is 0.568. The lowest BCUT2D eigenvalue weighted by Crippen LogP contribution is -2.47. The summed E-state index contributed by atoms with van der Waals surface area (Å²) in [5, 5.41) is 0. The van der Waals surface area contributed by atoms with Gasteiger partial charge in [0.2, 0.25) is 0 Å². The van der Waals surface area contributed by atoms with Crippen LogP contribution in [-0.4, -0.2) is 65.5 Å². The van der Waals surface area contributed by atoms with Gasteiger partial charge < -0.3 is 23.7 Å². The Balaban J connectivity index is 1.11. The Morgan fingerprint density at radius 2 is 1.77 bits per heavy atom. The number of benzene rings is 1. The van der Waals surface area contributed by atoms with Crippen LogP contribution in [0.15, 0.2) is 47.4 Å². The number of fused-ring (bicyclic) bond motifs is 2. The molecule has 182 valence electrons. The van der Waals surface area contributed by atoms with Crippen molar-refractivity contribution in [2.24, 2.45) is 0 Å². The summed E-state index contributed by atoms with van der Waals surface area (Å²) < 4.78 is 32.4. The second-order valence-corrected chi connectivity index (χ2v) is 9.19. The number of aromatic nitrogens is 2. The van der Waals surface area contributed by atoms with E-state index in [0.29, 0.717) is 68.2 Å². The van der Waals surface area contributed by atoms with Gasteiger partial charge in [-0.05, 0) is 18.2 Å². The number of ether oxygens (including phenoxy) is 3. The normalized spacial score (nSPS) is 19.3. The molecule has 0 atom stereocenters. The van der Waals surface area contributed by atoms with Gasteiger partial charge in [0.05, 0.1) is 29.5 Å². The van der Waals surface area contributed by atoms with Gasteiger partial charge in [0, 0.05) is 57.2 Å². The highest BCUT2D eigenvalue weighted by atomic mass is 19.1. The summed E-state index contributed by atoms with van der Waals surface area (Å²) in [6, 6.07) is 9.91. The fourth-order valence-corrected chi connectivity index (χ4v) is 5.08. The summed E-state index contributed by atoms with van der Waals surface area (Å²) in [5.74, 6) is 0.845. The third kappa shape index (κ3) is 4.07. The molecule has 0 radical (unpaired) electrons. The molecular formula is C25H25FN4O5. The maximum Gasteiger partial charge on any atom is 0.415 e. The van der Waals surface area contributed by atoms with Gasteiger partial charge in [-0.2, -0.15) is 0 Å². The van der Waals surface area contributed by atoms with Gasteiger partial charge in [-0.1, -0.05) is 0 Å². The van der Waals surface area contributed by atoms with Crippen LogP contribution in [0.3, 0.4) is 0 Å². The molecule has 35 heavy (non-hydrogen) atoms. The number of likely N-dealkylation sites (tertiary alicyclic amines) is 1. The fraction of sp³-hybridized carbons (Fsp3) is 0.400. The van der Waals surface area contributed by atoms with Crippen molar-refractivity contribution < 1.29 is 23.4 Å². The van der Waals surface area contributed by atoms with E-state index in [0.717, 1.165) is 25.0 Å². The number of rotatable bonds is 4. The Morgan fingerprint density at radius 1 is 0.971 bits per heavy atom. The van der Waals surface area contributed by atoms with Gasteiger partial charge in [-0.15, -0.1) is 0 Å². The SMILES string of the molecule is O=C1OC2(CCN(CCn3c(=O)ccc4ncc(F)cc43)CC2)CN1c1ccc2c(c1)OCCO2. The van der Waals surface area contributed by atoms with Crippen LogP contribution < -0.4 is 19.9 Å². The van der Waals surface area contributed by atoms with Crippen molar-refractivity contribution in [3.63, 3.8) is 0 Å². The van der Waals surface area contributed by atoms with E-state index in [2.05, 4.69) is 9.88 Å². The lowest BCUT2D eigenvalue weighted by Gasteiger charge is -2.37. The average Bonchev–Trinajstić information content (AvgIpc) is 3.19. The molecule has 0 unspecified atom stereocenters.